The van der Waals surface area contributed by atoms with Crippen molar-refractivity contribution in [2.75, 3.05) is 33.1 Å². The van der Waals surface area contributed by atoms with Gasteiger partial charge in [0.15, 0.2) is 16.4 Å². The minimum atomic E-state index is -1.82. The fraction of sp³-hybridized carbons (Fsp3) is 0.333. The first-order chi connectivity index (χ1) is 14.7. The van der Waals surface area contributed by atoms with Gasteiger partial charge in [-0.05, 0) is 41.9 Å². The lowest BCUT2D eigenvalue weighted by Crippen LogP contribution is -2.26. The molecule has 0 spiro atoms. The minimum Gasteiger partial charge on any atom is -0.612 e. The van der Waals surface area contributed by atoms with Crippen molar-refractivity contribution in [3.63, 3.8) is 0 Å². The van der Waals surface area contributed by atoms with Gasteiger partial charge in [0.25, 0.3) is 0 Å². The van der Waals surface area contributed by atoms with Crippen LogP contribution in [0.15, 0.2) is 47.4 Å². The number of carbonyl (C=O) groups is 2. The number of aryl methyl sites for hydroxylation is 1. The van der Waals surface area contributed by atoms with E-state index >= 15 is 0 Å². The topological polar surface area (TPSA) is 148 Å². The van der Waals surface area contributed by atoms with E-state index in [0.717, 1.165) is 16.0 Å². The number of hydrogen-bond acceptors (Lipinski definition) is 7. The van der Waals surface area contributed by atoms with E-state index in [1.54, 1.807) is 13.4 Å². The Morgan fingerprint density at radius 3 is 2.29 bits per heavy atom. The molecule has 0 aliphatic carbocycles. The van der Waals surface area contributed by atoms with E-state index in [-0.39, 0.29) is 0 Å². The molecule has 0 saturated carbocycles. The summed E-state index contributed by atoms with van der Waals surface area (Å²) in [5.41, 5.74) is 1.73. The van der Waals surface area contributed by atoms with Gasteiger partial charge in [0.2, 0.25) is 0 Å². The Balaban J connectivity index is 0.000000703. The zero-order chi connectivity index (χ0) is 23.4. The van der Waals surface area contributed by atoms with E-state index in [9.17, 15) is 9.66 Å². The van der Waals surface area contributed by atoms with E-state index in [0.29, 0.717) is 31.2 Å². The van der Waals surface area contributed by atoms with E-state index in [1.165, 1.54) is 0 Å². The van der Waals surface area contributed by atoms with Crippen LogP contribution in [0, 0.1) is 6.92 Å². The summed E-state index contributed by atoms with van der Waals surface area (Å²) in [7, 11) is 1.61. The summed E-state index contributed by atoms with van der Waals surface area (Å²) in [6.07, 6.45) is 0.987. The van der Waals surface area contributed by atoms with E-state index in [1.807, 2.05) is 49.4 Å². The first kappa shape index (κ1) is 26.2. The van der Waals surface area contributed by atoms with E-state index < -0.39 is 29.2 Å². The normalized spacial score (nSPS) is 12.2. The third-order valence-electron chi connectivity index (χ3n) is 4.03. The summed E-state index contributed by atoms with van der Waals surface area (Å²) >= 11 is -1.06. The summed E-state index contributed by atoms with van der Waals surface area (Å²) in [6, 6.07) is 13.0. The molecule has 0 radical (unpaired) electrons. The van der Waals surface area contributed by atoms with Crippen LogP contribution >= 0.6 is 0 Å². The molecule has 4 N–H and O–H groups in total. The minimum absolute atomic E-state index is 0.397. The molecular formula is C21H27NO8S. The lowest BCUT2D eigenvalue weighted by Gasteiger charge is -2.15. The molecule has 0 saturated heterocycles. The monoisotopic (exact) mass is 453 g/mol. The summed E-state index contributed by atoms with van der Waals surface area (Å²) < 4.78 is 22.6. The van der Waals surface area contributed by atoms with Crippen molar-refractivity contribution in [1.29, 1.82) is 0 Å². The van der Waals surface area contributed by atoms with Gasteiger partial charge >= 0.3 is 11.9 Å². The van der Waals surface area contributed by atoms with Gasteiger partial charge in [-0.25, -0.2) is 9.59 Å². The van der Waals surface area contributed by atoms with Crippen molar-refractivity contribution in [2.24, 2.45) is 0 Å². The Kier molecular flexibility index (Phi) is 11.4. The van der Waals surface area contributed by atoms with Crippen LogP contribution < -0.4 is 14.8 Å². The molecule has 170 valence electrons. The number of hydrogen-bond donors (Lipinski definition) is 4. The highest BCUT2D eigenvalue weighted by Crippen LogP contribution is 2.25. The Morgan fingerprint density at radius 2 is 1.74 bits per heavy atom. The summed E-state index contributed by atoms with van der Waals surface area (Å²) in [4.78, 5) is 19.0. The van der Waals surface area contributed by atoms with Gasteiger partial charge in [-0.2, -0.15) is 0 Å². The number of aliphatic carboxylic acids is 2. The smallest absolute Gasteiger partial charge is 0.414 e. The molecule has 9 nitrogen and oxygen atoms in total. The molecule has 2 rings (SSSR count). The third-order valence-corrected chi connectivity index (χ3v) is 5.09. The highest BCUT2D eigenvalue weighted by atomic mass is 32.2. The number of benzene rings is 2. The lowest BCUT2D eigenvalue weighted by molar-refractivity contribution is -0.159. The van der Waals surface area contributed by atoms with Gasteiger partial charge in [-0.3, -0.25) is 0 Å². The van der Waals surface area contributed by atoms with Crippen molar-refractivity contribution in [1.82, 2.24) is 5.32 Å². The molecule has 2 atom stereocenters. The van der Waals surface area contributed by atoms with Crippen LogP contribution in [0.1, 0.15) is 17.2 Å². The number of aliphatic hydroxyl groups is 1. The Hall–Kier alpha value is -2.79. The SMILES string of the molecule is COc1ccccc1OCCNCC(O)c1ccc(C)c([S+](C)[O-])c1.O=C(O)C(=O)O. The second-order valence-corrected chi connectivity index (χ2v) is 7.66. The van der Waals surface area contributed by atoms with Crippen molar-refractivity contribution >= 4 is 23.1 Å². The maximum absolute atomic E-state index is 11.7. The summed E-state index contributed by atoms with van der Waals surface area (Å²) in [5, 5.41) is 28.2. The number of carboxylic acid groups (broad SMARTS) is 2. The Morgan fingerprint density at radius 1 is 1.13 bits per heavy atom. The third kappa shape index (κ3) is 9.26. The Bertz CT molecular complexity index is 847. The number of rotatable bonds is 9. The average molecular weight is 454 g/mol. The van der Waals surface area contributed by atoms with E-state index in [2.05, 4.69) is 5.32 Å². The van der Waals surface area contributed by atoms with Gasteiger partial charge in [0, 0.05) is 18.7 Å². The van der Waals surface area contributed by atoms with Crippen molar-refractivity contribution < 1.29 is 38.9 Å². The van der Waals surface area contributed by atoms with Crippen molar-refractivity contribution in [3.8, 4) is 11.5 Å². The maximum atomic E-state index is 11.7. The molecular weight excluding hydrogens is 426 g/mol. The predicted octanol–water partition coefficient (Wildman–Crippen LogP) is 1.60. The quantitative estimate of drug-likeness (QED) is 0.252. The number of aliphatic hydroxyl groups excluding tert-OH is 1. The first-order valence-electron chi connectivity index (χ1n) is 9.22. The molecule has 2 aromatic carbocycles. The van der Waals surface area contributed by atoms with Crippen LogP contribution in [0.5, 0.6) is 11.5 Å². The molecule has 10 heteroatoms. The van der Waals surface area contributed by atoms with Crippen LogP contribution in [0.25, 0.3) is 0 Å². The van der Waals surface area contributed by atoms with Crippen LogP contribution in [-0.4, -0.2) is 64.9 Å². The second kappa shape index (κ2) is 13.5. The predicted molar refractivity (Wildman–Crippen MR) is 115 cm³/mol. The molecule has 0 fully saturated rings. The van der Waals surface area contributed by atoms with Crippen molar-refractivity contribution in [2.45, 2.75) is 17.9 Å². The molecule has 2 aromatic rings. The standard InChI is InChI=1S/C19H25NO4S.C2H2O4/c1-14-8-9-15(12-19(14)25(3)22)16(21)13-20-10-11-24-18-7-5-4-6-17(18)23-2;3-1(4)2(5)6/h4-9,12,16,20-21H,10-11,13H2,1-3H3;(H,3,4)(H,5,6). The van der Waals surface area contributed by atoms with Gasteiger partial charge in [-0.15, -0.1) is 0 Å². The number of carboxylic acids is 2. The number of ether oxygens (including phenoxy) is 2. The largest absolute Gasteiger partial charge is 0.612 e. The molecule has 0 heterocycles. The zero-order valence-corrected chi connectivity index (χ0v) is 18.3. The molecule has 0 bridgehead atoms. The van der Waals surface area contributed by atoms with Crippen LogP contribution in [0.3, 0.4) is 0 Å². The highest BCUT2D eigenvalue weighted by Gasteiger charge is 2.14. The van der Waals surface area contributed by atoms with Gasteiger partial charge < -0.3 is 34.7 Å². The van der Waals surface area contributed by atoms with Gasteiger partial charge in [-0.1, -0.05) is 24.3 Å². The van der Waals surface area contributed by atoms with Gasteiger partial charge in [0.1, 0.15) is 12.9 Å². The van der Waals surface area contributed by atoms with Gasteiger partial charge in [0.05, 0.1) is 13.2 Å². The molecule has 0 aliphatic heterocycles. The average Bonchev–Trinajstić information content (AvgIpc) is 2.74. The maximum Gasteiger partial charge on any atom is 0.414 e. The summed E-state index contributed by atoms with van der Waals surface area (Å²) in [5.74, 6) is -2.26. The first-order valence-corrected chi connectivity index (χ1v) is 10.8. The Labute approximate surface area is 183 Å². The molecule has 0 aliphatic rings. The summed E-state index contributed by atoms with van der Waals surface area (Å²) in [6.45, 7) is 3.37. The molecule has 31 heavy (non-hydrogen) atoms. The van der Waals surface area contributed by atoms with Crippen LogP contribution in [-0.2, 0) is 20.8 Å². The molecule has 2 unspecified atom stereocenters. The zero-order valence-electron chi connectivity index (χ0n) is 17.5. The fourth-order valence-electron chi connectivity index (χ4n) is 2.46. The molecule has 0 aromatic heterocycles. The van der Waals surface area contributed by atoms with Crippen LogP contribution in [0.2, 0.25) is 0 Å². The highest BCUT2D eigenvalue weighted by molar-refractivity contribution is 7.90. The number of nitrogens with one attached hydrogen (secondary N) is 1. The fourth-order valence-corrected chi connectivity index (χ4v) is 3.28. The van der Waals surface area contributed by atoms with E-state index in [4.69, 9.17) is 29.3 Å². The van der Waals surface area contributed by atoms with Crippen molar-refractivity contribution in [3.05, 3.63) is 53.6 Å². The number of para-hydroxylation sites is 2. The molecule has 0 amide bonds. The second-order valence-electron chi connectivity index (χ2n) is 6.31. The number of methoxy groups -OCH3 is 1. The van der Waals surface area contributed by atoms with Crippen LogP contribution in [0.4, 0.5) is 0 Å². The lowest BCUT2D eigenvalue weighted by atomic mass is 10.1.